The summed E-state index contributed by atoms with van der Waals surface area (Å²) in [6.45, 7) is 0.694. The van der Waals surface area contributed by atoms with Gasteiger partial charge in [0.05, 0.1) is 0 Å². The molecule has 2 aromatic carbocycles. The molecule has 0 aliphatic rings. The Bertz CT molecular complexity index is 746. The lowest BCUT2D eigenvalue weighted by atomic mass is 10.2. The Balaban J connectivity index is 2.03. The van der Waals surface area contributed by atoms with Gasteiger partial charge < -0.3 is 4.57 Å². The summed E-state index contributed by atoms with van der Waals surface area (Å²) in [5.41, 5.74) is 2.13. The van der Waals surface area contributed by atoms with Gasteiger partial charge >= 0.3 is 0 Å². The highest BCUT2D eigenvalue weighted by Gasteiger charge is 2.06. The SMILES string of the molecule is Clc1ccc(Cn2ccc3ccc(Cl)cc32)c(Cl)c1. The third-order valence-electron chi connectivity index (χ3n) is 3.09. The van der Waals surface area contributed by atoms with Gasteiger partial charge in [-0.3, -0.25) is 0 Å². The fraction of sp³-hybridized carbons (Fsp3) is 0.0667. The minimum Gasteiger partial charge on any atom is -0.343 e. The second-order valence-corrected chi connectivity index (χ2v) is 5.66. The van der Waals surface area contributed by atoms with Crippen LogP contribution in [-0.4, -0.2) is 4.57 Å². The topological polar surface area (TPSA) is 4.93 Å². The van der Waals surface area contributed by atoms with Gasteiger partial charge in [0.1, 0.15) is 0 Å². The Morgan fingerprint density at radius 2 is 1.58 bits per heavy atom. The van der Waals surface area contributed by atoms with Gasteiger partial charge in [0, 0.05) is 33.3 Å². The van der Waals surface area contributed by atoms with Gasteiger partial charge in [0.2, 0.25) is 0 Å². The van der Waals surface area contributed by atoms with Gasteiger partial charge in [-0.15, -0.1) is 0 Å². The molecule has 0 amide bonds. The van der Waals surface area contributed by atoms with Gasteiger partial charge in [0.15, 0.2) is 0 Å². The molecule has 1 aromatic heterocycles. The van der Waals surface area contributed by atoms with E-state index in [1.54, 1.807) is 6.07 Å². The molecule has 0 aliphatic carbocycles. The molecule has 0 spiro atoms. The van der Waals surface area contributed by atoms with E-state index in [1.165, 1.54) is 0 Å². The minimum atomic E-state index is 0.647. The first-order valence-corrected chi connectivity index (χ1v) is 6.95. The van der Waals surface area contributed by atoms with Gasteiger partial charge in [-0.1, -0.05) is 46.9 Å². The normalized spacial score (nSPS) is 11.1. The summed E-state index contributed by atoms with van der Waals surface area (Å²) in [4.78, 5) is 0. The van der Waals surface area contributed by atoms with Crippen molar-refractivity contribution in [3.05, 3.63) is 69.3 Å². The molecule has 0 radical (unpaired) electrons. The molecule has 0 saturated heterocycles. The fourth-order valence-electron chi connectivity index (χ4n) is 2.13. The Morgan fingerprint density at radius 1 is 0.842 bits per heavy atom. The highest BCUT2D eigenvalue weighted by Crippen LogP contribution is 2.25. The van der Waals surface area contributed by atoms with E-state index in [-0.39, 0.29) is 0 Å². The van der Waals surface area contributed by atoms with Crippen molar-refractivity contribution in [1.82, 2.24) is 4.57 Å². The number of rotatable bonds is 2. The Morgan fingerprint density at radius 3 is 2.37 bits per heavy atom. The van der Waals surface area contributed by atoms with Crippen LogP contribution in [0.5, 0.6) is 0 Å². The molecule has 0 atom stereocenters. The molecule has 3 rings (SSSR count). The maximum Gasteiger partial charge on any atom is 0.0498 e. The molecule has 0 aliphatic heterocycles. The summed E-state index contributed by atoms with van der Waals surface area (Å²) in [6.07, 6.45) is 2.03. The average molecular weight is 311 g/mol. The van der Waals surface area contributed by atoms with Gasteiger partial charge in [0.25, 0.3) is 0 Å². The zero-order valence-corrected chi connectivity index (χ0v) is 12.2. The first-order chi connectivity index (χ1) is 9.13. The summed E-state index contributed by atoms with van der Waals surface area (Å²) in [5, 5.41) is 3.22. The van der Waals surface area contributed by atoms with Crippen molar-refractivity contribution in [1.29, 1.82) is 0 Å². The molecule has 4 heteroatoms. The van der Waals surface area contributed by atoms with Crippen molar-refractivity contribution in [2.75, 3.05) is 0 Å². The standard InChI is InChI=1S/C15H10Cl3N/c16-12-4-2-11(14(18)7-12)9-19-6-5-10-1-3-13(17)8-15(10)19/h1-8H,9H2. The smallest absolute Gasteiger partial charge is 0.0498 e. The monoisotopic (exact) mass is 309 g/mol. The van der Waals surface area contributed by atoms with Gasteiger partial charge in [-0.05, 0) is 41.3 Å². The van der Waals surface area contributed by atoms with Crippen LogP contribution in [0.4, 0.5) is 0 Å². The van der Waals surface area contributed by atoms with Crippen LogP contribution in [-0.2, 0) is 6.54 Å². The van der Waals surface area contributed by atoms with E-state index in [0.717, 1.165) is 21.5 Å². The first kappa shape index (κ1) is 12.9. The number of nitrogens with zero attached hydrogens (tertiary/aromatic N) is 1. The van der Waals surface area contributed by atoms with Crippen molar-refractivity contribution < 1.29 is 0 Å². The summed E-state index contributed by atoms with van der Waals surface area (Å²) in [6, 6.07) is 13.5. The summed E-state index contributed by atoms with van der Waals surface area (Å²) >= 11 is 18.2. The second kappa shape index (κ2) is 5.09. The van der Waals surface area contributed by atoms with Gasteiger partial charge in [-0.2, -0.15) is 0 Å². The van der Waals surface area contributed by atoms with Crippen LogP contribution >= 0.6 is 34.8 Å². The van der Waals surface area contributed by atoms with Crippen LogP contribution in [0.15, 0.2) is 48.7 Å². The third kappa shape index (κ3) is 2.59. The molecule has 1 heterocycles. The van der Waals surface area contributed by atoms with Gasteiger partial charge in [-0.25, -0.2) is 0 Å². The van der Waals surface area contributed by atoms with E-state index < -0.39 is 0 Å². The van der Waals surface area contributed by atoms with Crippen LogP contribution in [0.1, 0.15) is 5.56 Å². The quantitative estimate of drug-likeness (QED) is 0.576. The molecule has 0 saturated carbocycles. The maximum atomic E-state index is 6.21. The second-order valence-electron chi connectivity index (χ2n) is 4.38. The molecule has 0 fully saturated rings. The van der Waals surface area contributed by atoms with E-state index in [4.69, 9.17) is 34.8 Å². The van der Waals surface area contributed by atoms with Crippen molar-refractivity contribution >= 4 is 45.7 Å². The number of halogens is 3. The lowest BCUT2D eigenvalue weighted by molar-refractivity contribution is 0.837. The van der Waals surface area contributed by atoms with E-state index in [1.807, 2.05) is 36.5 Å². The van der Waals surface area contributed by atoms with E-state index in [2.05, 4.69) is 10.6 Å². The van der Waals surface area contributed by atoms with Crippen LogP contribution in [0.2, 0.25) is 15.1 Å². The molecule has 1 nitrogen and oxygen atoms in total. The van der Waals surface area contributed by atoms with Crippen LogP contribution in [0.25, 0.3) is 10.9 Å². The summed E-state index contributed by atoms with van der Waals surface area (Å²) < 4.78 is 2.12. The zero-order chi connectivity index (χ0) is 13.4. The highest BCUT2D eigenvalue weighted by molar-refractivity contribution is 6.35. The number of hydrogen-bond acceptors (Lipinski definition) is 0. The van der Waals surface area contributed by atoms with Crippen LogP contribution < -0.4 is 0 Å². The molecule has 0 unspecified atom stereocenters. The Kier molecular flexibility index (Phi) is 3.44. The minimum absolute atomic E-state index is 0.647. The van der Waals surface area contributed by atoms with Crippen molar-refractivity contribution in [2.45, 2.75) is 6.54 Å². The fourth-order valence-corrected chi connectivity index (χ4v) is 2.76. The van der Waals surface area contributed by atoms with E-state index in [9.17, 15) is 0 Å². The molecule has 19 heavy (non-hydrogen) atoms. The number of fused-ring (bicyclic) bond motifs is 1. The summed E-state index contributed by atoms with van der Waals surface area (Å²) in [5.74, 6) is 0. The maximum absolute atomic E-state index is 6.21. The van der Waals surface area contributed by atoms with Crippen molar-refractivity contribution in [2.24, 2.45) is 0 Å². The lowest BCUT2D eigenvalue weighted by Crippen LogP contribution is -1.98. The summed E-state index contributed by atoms with van der Waals surface area (Å²) in [7, 11) is 0. The lowest BCUT2D eigenvalue weighted by Gasteiger charge is -2.08. The van der Waals surface area contributed by atoms with Crippen molar-refractivity contribution in [3.8, 4) is 0 Å². The molecule has 3 aromatic rings. The van der Waals surface area contributed by atoms with Crippen LogP contribution in [0, 0.1) is 0 Å². The number of aromatic nitrogens is 1. The number of benzene rings is 2. The first-order valence-electron chi connectivity index (χ1n) is 5.82. The highest BCUT2D eigenvalue weighted by atomic mass is 35.5. The Labute approximate surface area is 126 Å². The largest absolute Gasteiger partial charge is 0.343 e. The third-order valence-corrected chi connectivity index (χ3v) is 3.91. The predicted molar refractivity (Wildman–Crippen MR) is 82.5 cm³/mol. The van der Waals surface area contributed by atoms with Crippen molar-refractivity contribution in [3.63, 3.8) is 0 Å². The van der Waals surface area contributed by atoms with E-state index in [0.29, 0.717) is 16.6 Å². The molecular weight excluding hydrogens is 301 g/mol. The average Bonchev–Trinajstić information content (AvgIpc) is 2.75. The molecule has 0 bridgehead atoms. The Hall–Kier alpha value is -1.15. The van der Waals surface area contributed by atoms with Crippen LogP contribution in [0.3, 0.4) is 0 Å². The molecular formula is C15H10Cl3N. The molecule has 96 valence electrons. The van der Waals surface area contributed by atoms with E-state index >= 15 is 0 Å². The molecule has 0 N–H and O–H groups in total. The zero-order valence-electron chi connectivity index (χ0n) is 9.91. The number of hydrogen-bond donors (Lipinski definition) is 0. The predicted octanol–water partition coefficient (Wildman–Crippen LogP) is 5.65.